The highest BCUT2D eigenvalue weighted by atomic mass is 19.1. The number of nitrogens with zero attached hydrogens (tertiary/aromatic N) is 2. The van der Waals surface area contributed by atoms with Crippen LogP contribution >= 0.6 is 0 Å². The van der Waals surface area contributed by atoms with Gasteiger partial charge in [-0.15, -0.1) is 0 Å². The Morgan fingerprint density at radius 3 is 2.50 bits per heavy atom. The smallest absolute Gasteiger partial charge is 0.269 e. The normalized spacial score (nSPS) is 10.9. The first-order chi connectivity index (χ1) is 14.5. The number of allylic oxidation sites excluding steroid dienone is 1. The quantitative estimate of drug-likeness (QED) is 0.228. The number of rotatable bonds is 7. The molecule has 0 aliphatic rings. The molecule has 0 bridgehead atoms. The average molecular weight is 404 g/mol. The molecule has 150 valence electrons. The summed E-state index contributed by atoms with van der Waals surface area (Å²) in [5, 5.41) is 20.2. The lowest BCUT2D eigenvalue weighted by Crippen LogP contribution is -1.98. The Balaban J connectivity index is 1.80. The molecule has 3 aromatic rings. The molecular formula is C23H17FN2O4. The second-order valence-electron chi connectivity index (χ2n) is 6.27. The summed E-state index contributed by atoms with van der Waals surface area (Å²) in [6.45, 7) is 0.197. The number of methoxy groups -OCH3 is 1. The number of nitro groups is 1. The molecule has 0 saturated carbocycles. The van der Waals surface area contributed by atoms with Crippen molar-refractivity contribution in [3.8, 4) is 17.6 Å². The minimum absolute atomic E-state index is 0.00983. The number of hydrogen-bond acceptors (Lipinski definition) is 5. The molecule has 0 heterocycles. The lowest BCUT2D eigenvalue weighted by Gasteiger charge is -2.12. The van der Waals surface area contributed by atoms with Gasteiger partial charge in [-0.3, -0.25) is 10.1 Å². The molecule has 0 aliphatic heterocycles. The van der Waals surface area contributed by atoms with Crippen molar-refractivity contribution in [2.24, 2.45) is 0 Å². The number of non-ortho nitro benzene ring substituents is 1. The first-order valence-corrected chi connectivity index (χ1v) is 8.92. The molecule has 7 heteroatoms. The van der Waals surface area contributed by atoms with Gasteiger partial charge in [-0.2, -0.15) is 5.26 Å². The summed E-state index contributed by atoms with van der Waals surface area (Å²) in [6.07, 6.45) is 1.57. The summed E-state index contributed by atoms with van der Waals surface area (Å²) < 4.78 is 25.1. The number of hydrogen-bond donors (Lipinski definition) is 0. The van der Waals surface area contributed by atoms with Gasteiger partial charge in [-0.1, -0.05) is 24.3 Å². The van der Waals surface area contributed by atoms with Crippen molar-refractivity contribution >= 4 is 17.3 Å². The Bertz CT molecular complexity index is 1130. The van der Waals surface area contributed by atoms with Crippen molar-refractivity contribution < 1.29 is 18.8 Å². The van der Waals surface area contributed by atoms with Crippen LogP contribution < -0.4 is 9.47 Å². The molecule has 0 unspecified atom stereocenters. The van der Waals surface area contributed by atoms with E-state index in [-0.39, 0.29) is 23.4 Å². The van der Waals surface area contributed by atoms with Crippen molar-refractivity contribution in [1.82, 2.24) is 0 Å². The molecule has 0 spiro atoms. The molecule has 0 aliphatic carbocycles. The Morgan fingerprint density at radius 1 is 1.13 bits per heavy atom. The zero-order valence-corrected chi connectivity index (χ0v) is 16.0. The first-order valence-electron chi connectivity index (χ1n) is 8.92. The van der Waals surface area contributed by atoms with E-state index in [0.717, 1.165) is 5.56 Å². The molecule has 0 radical (unpaired) electrons. The summed E-state index contributed by atoms with van der Waals surface area (Å²) in [5.41, 5.74) is 1.83. The van der Waals surface area contributed by atoms with Crippen LogP contribution in [0.25, 0.3) is 11.6 Å². The fraction of sp³-hybridized carbons (Fsp3) is 0.0870. The number of benzene rings is 3. The van der Waals surface area contributed by atoms with Crippen LogP contribution in [0.3, 0.4) is 0 Å². The minimum Gasteiger partial charge on any atom is -0.493 e. The maximum absolute atomic E-state index is 14.0. The molecular weight excluding hydrogens is 387 g/mol. The Hall–Kier alpha value is -4.18. The van der Waals surface area contributed by atoms with Crippen LogP contribution in [0.15, 0.2) is 66.7 Å². The maximum atomic E-state index is 14.0. The van der Waals surface area contributed by atoms with Gasteiger partial charge in [0, 0.05) is 17.7 Å². The Labute approximate surface area is 172 Å². The van der Waals surface area contributed by atoms with E-state index in [2.05, 4.69) is 0 Å². The van der Waals surface area contributed by atoms with Crippen LogP contribution in [0.1, 0.15) is 16.7 Å². The third-order valence-corrected chi connectivity index (χ3v) is 4.32. The average Bonchev–Trinajstić information content (AvgIpc) is 2.77. The van der Waals surface area contributed by atoms with Gasteiger partial charge in [0.2, 0.25) is 0 Å². The monoisotopic (exact) mass is 404 g/mol. The molecule has 3 rings (SSSR count). The molecule has 0 aromatic heterocycles. The van der Waals surface area contributed by atoms with Crippen molar-refractivity contribution in [1.29, 1.82) is 5.26 Å². The fourth-order valence-corrected chi connectivity index (χ4v) is 2.78. The fourth-order valence-electron chi connectivity index (χ4n) is 2.78. The van der Waals surface area contributed by atoms with E-state index in [4.69, 9.17) is 9.47 Å². The highest BCUT2D eigenvalue weighted by molar-refractivity contribution is 5.90. The van der Waals surface area contributed by atoms with Gasteiger partial charge in [0.1, 0.15) is 12.4 Å². The summed E-state index contributed by atoms with van der Waals surface area (Å²) in [7, 11) is 1.49. The lowest BCUT2D eigenvalue weighted by molar-refractivity contribution is -0.384. The van der Waals surface area contributed by atoms with Crippen LogP contribution in [0.4, 0.5) is 10.1 Å². The van der Waals surface area contributed by atoms with Crippen molar-refractivity contribution in [3.05, 3.63) is 99.4 Å². The van der Waals surface area contributed by atoms with Crippen molar-refractivity contribution in [2.75, 3.05) is 7.11 Å². The topological polar surface area (TPSA) is 85.4 Å². The Morgan fingerprint density at radius 2 is 1.87 bits per heavy atom. The third kappa shape index (κ3) is 4.80. The van der Waals surface area contributed by atoms with E-state index in [1.807, 2.05) is 6.07 Å². The third-order valence-electron chi connectivity index (χ3n) is 4.32. The standard InChI is InChI=1S/C23H17FN2O4/c1-29-23-13-17(12-18(14-25)20-4-2-3-5-21(20)24)8-11-22(23)30-15-16-6-9-19(10-7-16)26(27)28/h2-13H,15H2,1H3. The highest BCUT2D eigenvalue weighted by Crippen LogP contribution is 2.31. The largest absolute Gasteiger partial charge is 0.493 e. The van der Waals surface area contributed by atoms with Crippen molar-refractivity contribution in [2.45, 2.75) is 6.61 Å². The van der Waals surface area contributed by atoms with E-state index in [1.165, 1.54) is 25.3 Å². The van der Waals surface area contributed by atoms with Gasteiger partial charge in [0.25, 0.3) is 5.69 Å². The van der Waals surface area contributed by atoms with E-state index in [1.54, 1.807) is 54.6 Å². The molecule has 30 heavy (non-hydrogen) atoms. The van der Waals surface area contributed by atoms with Gasteiger partial charge in [0.15, 0.2) is 11.5 Å². The van der Waals surface area contributed by atoms with E-state index < -0.39 is 10.7 Å². The van der Waals surface area contributed by atoms with Gasteiger partial charge in [-0.25, -0.2) is 4.39 Å². The van der Waals surface area contributed by atoms with Gasteiger partial charge in [-0.05, 0) is 47.5 Å². The van der Waals surface area contributed by atoms with Gasteiger partial charge >= 0.3 is 0 Å². The SMILES string of the molecule is COc1cc(C=C(C#N)c2ccccc2F)ccc1OCc1ccc([N+](=O)[O-])cc1. The highest BCUT2D eigenvalue weighted by Gasteiger charge is 2.10. The molecule has 0 fully saturated rings. The summed E-state index contributed by atoms with van der Waals surface area (Å²) in [6, 6.07) is 19.3. The summed E-state index contributed by atoms with van der Waals surface area (Å²) in [4.78, 5) is 10.3. The van der Waals surface area contributed by atoms with Crippen molar-refractivity contribution in [3.63, 3.8) is 0 Å². The van der Waals surface area contributed by atoms with Crippen LogP contribution in [-0.4, -0.2) is 12.0 Å². The van der Waals surface area contributed by atoms with E-state index in [9.17, 15) is 19.8 Å². The zero-order valence-electron chi connectivity index (χ0n) is 16.0. The molecule has 0 N–H and O–H groups in total. The minimum atomic E-state index is -0.472. The first kappa shape index (κ1) is 20.6. The maximum Gasteiger partial charge on any atom is 0.269 e. The van der Waals surface area contributed by atoms with Crippen LogP contribution in [0.2, 0.25) is 0 Å². The zero-order chi connectivity index (χ0) is 21.5. The summed E-state index contributed by atoms with van der Waals surface area (Å²) >= 11 is 0. The second-order valence-corrected chi connectivity index (χ2v) is 6.27. The van der Waals surface area contributed by atoms with Gasteiger partial charge in [0.05, 0.1) is 23.7 Å². The number of nitro benzene ring substituents is 1. The van der Waals surface area contributed by atoms with Crippen LogP contribution in [0.5, 0.6) is 11.5 Å². The molecule has 0 saturated heterocycles. The van der Waals surface area contributed by atoms with Gasteiger partial charge < -0.3 is 9.47 Å². The Kier molecular flexibility index (Phi) is 6.40. The second kappa shape index (κ2) is 9.34. The molecule has 0 atom stereocenters. The van der Waals surface area contributed by atoms with E-state index >= 15 is 0 Å². The predicted molar refractivity (Wildman–Crippen MR) is 110 cm³/mol. The molecule has 0 amide bonds. The summed E-state index contributed by atoms with van der Waals surface area (Å²) in [5.74, 6) is 0.439. The lowest BCUT2D eigenvalue weighted by atomic mass is 10.0. The number of halogens is 1. The van der Waals surface area contributed by atoms with Crippen LogP contribution in [-0.2, 0) is 6.61 Å². The van der Waals surface area contributed by atoms with E-state index in [0.29, 0.717) is 17.1 Å². The molecule has 3 aromatic carbocycles. The number of nitriles is 1. The molecule has 6 nitrogen and oxygen atoms in total. The van der Waals surface area contributed by atoms with Crippen LogP contribution in [0, 0.1) is 27.3 Å². The predicted octanol–water partition coefficient (Wildman–Crippen LogP) is 5.39. The number of ether oxygens (including phenoxy) is 2.